The quantitative estimate of drug-likeness (QED) is 0.843. The molecule has 6 heteroatoms. The van der Waals surface area contributed by atoms with Crippen molar-refractivity contribution in [1.82, 2.24) is 10.2 Å². The molecule has 1 fully saturated rings. The number of likely N-dealkylation sites (tertiary alicyclic amines) is 1. The normalized spacial score (nSPS) is 18.9. The smallest absolute Gasteiger partial charge is 0.225 e. The average Bonchev–Trinajstić information content (AvgIpc) is 2.93. The molecule has 1 aliphatic rings. The molecule has 1 aromatic carbocycles. The SMILES string of the molecule is COc1ccc(C(CC(=O)N2CC[C@@H](N)C2)NC(C)=O)cc1. The average molecular weight is 305 g/mol. The predicted octanol–water partition coefficient (Wildman–Crippen LogP) is 0.822. The number of nitrogens with one attached hydrogen (secondary N) is 1. The number of rotatable bonds is 5. The van der Waals surface area contributed by atoms with Crippen molar-refractivity contribution < 1.29 is 14.3 Å². The number of benzene rings is 1. The van der Waals surface area contributed by atoms with E-state index in [0.29, 0.717) is 13.1 Å². The van der Waals surface area contributed by atoms with Crippen molar-refractivity contribution in [1.29, 1.82) is 0 Å². The van der Waals surface area contributed by atoms with E-state index in [4.69, 9.17) is 10.5 Å². The Balaban J connectivity index is 2.08. The van der Waals surface area contributed by atoms with Crippen LogP contribution in [0, 0.1) is 0 Å². The van der Waals surface area contributed by atoms with Crippen LogP contribution in [0.25, 0.3) is 0 Å². The monoisotopic (exact) mass is 305 g/mol. The summed E-state index contributed by atoms with van der Waals surface area (Å²) in [4.78, 5) is 25.6. The van der Waals surface area contributed by atoms with Crippen LogP contribution < -0.4 is 15.8 Å². The fourth-order valence-corrected chi connectivity index (χ4v) is 2.65. The van der Waals surface area contributed by atoms with E-state index in [1.807, 2.05) is 24.3 Å². The van der Waals surface area contributed by atoms with Crippen LogP contribution >= 0.6 is 0 Å². The van der Waals surface area contributed by atoms with Crippen LogP contribution in [-0.2, 0) is 9.59 Å². The van der Waals surface area contributed by atoms with Gasteiger partial charge in [0, 0.05) is 26.1 Å². The fourth-order valence-electron chi connectivity index (χ4n) is 2.65. The lowest BCUT2D eigenvalue weighted by molar-refractivity contribution is -0.131. The van der Waals surface area contributed by atoms with E-state index in [1.165, 1.54) is 6.92 Å². The molecule has 22 heavy (non-hydrogen) atoms. The molecule has 2 atom stereocenters. The number of methoxy groups -OCH3 is 1. The van der Waals surface area contributed by atoms with E-state index in [-0.39, 0.29) is 30.3 Å². The van der Waals surface area contributed by atoms with E-state index < -0.39 is 0 Å². The minimum atomic E-state index is -0.340. The van der Waals surface area contributed by atoms with Gasteiger partial charge in [0.2, 0.25) is 11.8 Å². The van der Waals surface area contributed by atoms with Gasteiger partial charge in [-0.15, -0.1) is 0 Å². The van der Waals surface area contributed by atoms with Gasteiger partial charge < -0.3 is 20.7 Å². The number of carbonyl (C=O) groups excluding carboxylic acids is 2. The van der Waals surface area contributed by atoms with E-state index in [9.17, 15) is 9.59 Å². The van der Waals surface area contributed by atoms with Crippen LogP contribution in [0.3, 0.4) is 0 Å². The van der Waals surface area contributed by atoms with Gasteiger partial charge in [-0.25, -0.2) is 0 Å². The Morgan fingerprint density at radius 1 is 1.41 bits per heavy atom. The van der Waals surface area contributed by atoms with Gasteiger partial charge >= 0.3 is 0 Å². The standard InChI is InChI=1S/C16H23N3O3/c1-11(20)18-15(12-3-5-14(22-2)6-4-12)9-16(21)19-8-7-13(17)10-19/h3-6,13,15H,7-10,17H2,1-2H3,(H,18,20)/t13-,15?/m1/s1. The van der Waals surface area contributed by atoms with Gasteiger partial charge in [0.25, 0.3) is 0 Å². The zero-order valence-electron chi connectivity index (χ0n) is 13.0. The first-order chi connectivity index (χ1) is 10.5. The van der Waals surface area contributed by atoms with Crippen molar-refractivity contribution in [3.05, 3.63) is 29.8 Å². The van der Waals surface area contributed by atoms with Gasteiger partial charge in [-0.1, -0.05) is 12.1 Å². The highest BCUT2D eigenvalue weighted by Gasteiger charge is 2.26. The molecule has 0 aliphatic carbocycles. The molecule has 2 rings (SSSR count). The fraction of sp³-hybridized carbons (Fsp3) is 0.500. The summed E-state index contributed by atoms with van der Waals surface area (Å²) in [6.45, 7) is 2.73. The molecular formula is C16H23N3O3. The summed E-state index contributed by atoms with van der Waals surface area (Å²) < 4.78 is 5.13. The molecule has 1 heterocycles. The largest absolute Gasteiger partial charge is 0.497 e. The zero-order chi connectivity index (χ0) is 16.1. The van der Waals surface area contributed by atoms with Gasteiger partial charge in [-0.3, -0.25) is 9.59 Å². The highest BCUT2D eigenvalue weighted by atomic mass is 16.5. The highest BCUT2D eigenvalue weighted by Crippen LogP contribution is 2.22. The highest BCUT2D eigenvalue weighted by molar-refractivity contribution is 5.79. The minimum Gasteiger partial charge on any atom is -0.497 e. The lowest BCUT2D eigenvalue weighted by atomic mass is 10.0. The van der Waals surface area contributed by atoms with Crippen molar-refractivity contribution in [3.63, 3.8) is 0 Å². The maximum absolute atomic E-state index is 12.4. The summed E-state index contributed by atoms with van der Waals surface area (Å²) in [5, 5.41) is 2.84. The molecule has 1 saturated heterocycles. The predicted molar refractivity (Wildman–Crippen MR) is 83.3 cm³/mol. The van der Waals surface area contributed by atoms with Crippen LogP contribution in [0.2, 0.25) is 0 Å². The first-order valence-electron chi connectivity index (χ1n) is 7.44. The lowest BCUT2D eigenvalue weighted by Gasteiger charge is -2.22. The van der Waals surface area contributed by atoms with Crippen LogP contribution in [0.15, 0.2) is 24.3 Å². The Morgan fingerprint density at radius 2 is 2.09 bits per heavy atom. The Morgan fingerprint density at radius 3 is 2.59 bits per heavy atom. The molecule has 0 radical (unpaired) electrons. The molecule has 0 saturated carbocycles. The first-order valence-corrected chi connectivity index (χ1v) is 7.44. The Hall–Kier alpha value is -2.08. The summed E-state index contributed by atoms with van der Waals surface area (Å²) >= 11 is 0. The molecular weight excluding hydrogens is 282 g/mol. The molecule has 1 aliphatic heterocycles. The lowest BCUT2D eigenvalue weighted by Crippen LogP contribution is -2.36. The summed E-state index contributed by atoms with van der Waals surface area (Å²) in [5.41, 5.74) is 6.72. The summed E-state index contributed by atoms with van der Waals surface area (Å²) in [7, 11) is 1.60. The number of hydrogen-bond acceptors (Lipinski definition) is 4. The number of hydrogen-bond donors (Lipinski definition) is 2. The van der Waals surface area contributed by atoms with Crippen molar-refractivity contribution in [2.45, 2.75) is 31.8 Å². The Labute approximate surface area is 130 Å². The van der Waals surface area contributed by atoms with Crippen LogP contribution in [0.1, 0.15) is 31.4 Å². The van der Waals surface area contributed by atoms with Crippen molar-refractivity contribution in [3.8, 4) is 5.75 Å². The number of amides is 2. The zero-order valence-corrected chi connectivity index (χ0v) is 13.0. The minimum absolute atomic E-state index is 0.0162. The van der Waals surface area contributed by atoms with Crippen molar-refractivity contribution >= 4 is 11.8 Å². The first kappa shape index (κ1) is 16.3. The maximum Gasteiger partial charge on any atom is 0.225 e. The van der Waals surface area contributed by atoms with Crippen molar-refractivity contribution in [2.75, 3.05) is 20.2 Å². The Bertz CT molecular complexity index is 530. The van der Waals surface area contributed by atoms with Gasteiger partial charge in [-0.05, 0) is 24.1 Å². The molecule has 0 bridgehead atoms. The third-order valence-electron chi connectivity index (χ3n) is 3.85. The molecule has 120 valence electrons. The second kappa shape index (κ2) is 7.26. The second-order valence-corrected chi connectivity index (χ2v) is 5.62. The van der Waals surface area contributed by atoms with Crippen LogP contribution in [0.4, 0.5) is 0 Å². The van der Waals surface area contributed by atoms with E-state index >= 15 is 0 Å². The molecule has 3 N–H and O–H groups in total. The molecule has 0 spiro atoms. The Kier molecular flexibility index (Phi) is 5.38. The summed E-state index contributed by atoms with van der Waals surface area (Å²) in [6, 6.07) is 7.09. The number of nitrogens with two attached hydrogens (primary N) is 1. The molecule has 6 nitrogen and oxygen atoms in total. The van der Waals surface area contributed by atoms with E-state index in [0.717, 1.165) is 17.7 Å². The summed E-state index contributed by atoms with van der Waals surface area (Å²) in [5.74, 6) is 0.594. The third-order valence-corrected chi connectivity index (χ3v) is 3.85. The van der Waals surface area contributed by atoms with E-state index in [1.54, 1.807) is 12.0 Å². The van der Waals surface area contributed by atoms with Gasteiger partial charge in [0.1, 0.15) is 5.75 Å². The van der Waals surface area contributed by atoms with Crippen molar-refractivity contribution in [2.24, 2.45) is 5.73 Å². The number of nitrogens with zero attached hydrogens (tertiary/aromatic N) is 1. The summed E-state index contributed by atoms with van der Waals surface area (Å²) in [6.07, 6.45) is 1.07. The van der Waals surface area contributed by atoms with Gasteiger partial charge in [-0.2, -0.15) is 0 Å². The molecule has 0 aromatic heterocycles. The topological polar surface area (TPSA) is 84.7 Å². The number of ether oxygens (including phenoxy) is 1. The molecule has 1 unspecified atom stereocenters. The third kappa shape index (κ3) is 4.21. The molecule has 1 aromatic rings. The van der Waals surface area contributed by atoms with Crippen LogP contribution in [-0.4, -0.2) is 43.0 Å². The van der Waals surface area contributed by atoms with Gasteiger partial charge in [0.05, 0.1) is 19.6 Å². The second-order valence-electron chi connectivity index (χ2n) is 5.62. The van der Waals surface area contributed by atoms with Gasteiger partial charge in [0.15, 0.2) is 0 Å². The molecule has 2 amide bonds. The number of carbonyl (C=O) groups is 2. The van der Waals surface area contributed by atoms with E-state index in [2.05, 4.69) is 5.32 Å². The maximum atomic E-state index is 12.4. The van der Waals surface area contributed by atoms with Crippen LogP contribution in [0.5, 0.6) is 5.75 Å².